The molecule has 0 bridgehead atoms. The Bertz CT molecular complexity index is 504. The van der Waals surface area contributed by atoms with E-state index in [9.17, 15) is 4.79 Å². The second kappa shape index (κ2) is 5.87. The average molecular weight is 259 g/mol. The van der Waals surface area contributed by atoms with Crippen molar-refractivity contribution < 1.29 is 14.6 Å². The minimum absolute atomic E-state index is 0.102. The van der Waals surface area contributed by atoms with E-state index in [4.69, 9.17) is 9.84 Å². The predicted octanol–water partition coefficient (Wildman–Crippen LogP) is 0.939. The van der Waals surface area contributed by atoms with Gasteiger partial charge in [0.25, 0.3) is 5.91 Å². The molecular weight excluding hydrogens is 242 g/mol. The van der Waals surface area contributed by atoms with E-state index in [0.29, 0.717) is 18.8 Å². The third kappa shape index (κ3) is 3.57. The van der Waals surface area contributed by atoms with Gasteiger partial charge in [-0.2, -0.15) is 0 Å². The van der Waals surface area contributed by atoms with Gasteiger partial charge in [0.15, 0.2) is 0 Å². The molecule has 0 aliphatic carbocycles. The Balaban J connectivity index is 2.03. The highest BCUT2D eigenvalue weighted by atomic mass is 16.5. The smallest absolute Gasteiger partial charge is 0.251 e. The second-order valence-corrected chi connectivity index (χ2v) is 4.85. The molecular formula is C15H17NO3. The van der Waals surface area contributed by atoms with Crippen LogP contribution in [0.4, 0.5) is 0 Å². The van der Waals surface area contributed by atoms with Gasteiger partial charge in [0.2, 0.25) is 0 Å². The van der Waals surface area contributed by atoms with E-state index in [1.165, 1.54) is 0 Å². The minimum atomic E-state index is -0.271. The molecule has 1 aliphatic heterocycles. The molecule has 1 fully saturated rings. The molecule has 1 aromatic rings. The zero-order valence-corrected chi connectivity index (χ0v) is 10.9. The fourth-order valence-corrected chi connectivity index (χ4v) is 1.96. The quantitative estimate of drug-likeness (QED) is 0.777. The molecule has 1 saturated heterocycles. The van der Waals surface area contributed by atoms with Gasteiger partial charge in [-0.25, -0.2) is 0 Å². The summed E-state index contributed by atoms with van der Waals surface area (Å²) in [5.41, 5.74) is 1.11. The van der Waals surface area contributed by atoms with Crippen molar-refractivity contribution in [2.45, 2.75) is 18.9 Å². The lowest BCUT2D eigenvalue weighted by Gasteiger charge is -2.23. The number of nitrogens with one attached hydrogen (secondary N) is 1. The molecule has 1 heterocycles. The van der Waals surface area contributed by atoms with Crippen molar-refractivity contribution in [2.24, 2.45) is 0 Å². The summed E-state index contributed by atoms with van der Waals surface area (Å²) >= 11 is 0. The number of carbonyl (C=O) groups excluding carboxylic acids is 1. The van der Waals surface area contributed by atoms with Crippen molar-refractivity contribution in [2.75, 3.05) is 19.8 Å². The normalized spacial score (nSPS) is 21.6. The Hall–Kier alpha value is -1.83. The molecule has 0 radical (unpaired) electrons. The van der Waals surface area contributed by atoms with Gasteiger partial charge in [-0.05, 0) is 37.6 Å². The Kier molecular flexibility index (Phi) is 4.20. The third-order valence-electron chi connectivity index (χ3n) is 3.09. The lowest BCUT2D eigenvalue weighted by atomic mass is 10.0. The van der Waals surface area contributed by atoms with Gasteiger partial charge in [0.05, 0.1) is 12.1 Å². The summed E-state index contributed by atoms with van der Waals surface area (Å²) in [7, 11) is 0. The van der Waals surface area contributed by atoms with Crippen LogP contribution in [0, 0.1) is 11.8 Å². The van der Waals surface area contributed by atoms with Gasteiger partial charge in [-0.3, -0.25) is 4.79 Å². The molecule has 0 spiro atoms. The summed E-state index contributed by atoms with van der Waals surface area (Å²) in [5, 5.41) is 11.6. The number of rotatable bonds is 2. The van der Waals surface area contributed by atoms with Crippen LogP contribution < -0.4 is 5.32 Å². The lowest BCUT2D eigenvalue weighted by molar-refractivity contribution is 0.0890. The SMILES string of the molecule is CC1(NC(=O)c2ccc(C#CCO)cc2)CCOC1. The molecule has 1 amide bonds. The molecule has 4 nitrogen and oxygen atoms in total. The molecule has 1 aromatic carbocycles. The summed E-state index contributed by atoms with van der Waals surface area (Å²) in [6.07, 6.45) is 0.832. The molecule has 2 N–H and O–H groups in total. The van der Waals surface area contributed by atoms with Crippen LogP contribution in [0.25, 0.3) is 0 Å². The number of benzene rings is 1. The van der Waals surface area contributed by atoms with Gasteiger partial charge < -0.3 is 15.2 Å². The van der Waals surface area contributed by atoms with Crippen molar-refractivity contribution in [3.63, 3.8) is 0 Å². The van der Waals surface area contributed by atoms with E-state index in [2.05, 4.69) is 17.2 Å². The molecule has 100 valence electrons. The van der Waals surface area contributed by atoms with Gasteiger partial charge in [0, 0.05) is 17.7 Å². The minimum Gasteiger partial charge on any atom is -0.384 e. The van der Waals surface area contributed by atoms with E-state index in [1.54, 1.807) is 24.3 Å². The molecule has 1 aliphatic rings. The van der Waals surface area contributed by atoms with Crippen LogP contribution in [-0.2, 0) is 4.74 Å². The van der Waals surface area contributed by atoms with Gasteiger partial charge in [-0.1, -0.05) is 11.8 Å². The molecule has 4 heteroatoms. The number of amides is 1. The highest BCUT2D eigenvalue weighted by Gasteiger charge is 2.31. The third-order valence-corrected chi connectivity index (χ3v) is 3.09. The molecule has 0 aromatic heterocycles. The molecule has 1 atom stereocenters. The van der Waals surface area contributed by atoms with Gasteiger partial charge >= 0.3 is 0 Å². The van der Waals surface area contributed by atoms with Crippen molar-refractivity contribution in [1.29, 1.82) is 0 Å². The second-order valence-electron chi connectivity index (χ2n) is 4.85. The fraction of sp³-hybridized carbons (Fsp3) is 0.400. The summed E-state index contributed by atoms with van der Waals surface area (Å²) in [5.74, 6) is 5.25. The van der Waals surface area contributed by atoms with Crippen LogP contribution in [0.1, 0.15) is 29.3 Å². The van der Waals surface area contributed by atoms with Crippen LogP contribution in [0.2, 0.25) is 0 Å². The summed E-state index contributed by atoms with van der Waals surface area (Å²) in [6.45, 7) is 3.06. The molecule has 2 rings (SSSR count). The van der Waals surface area contributed by atoms with E-state index in [1.807, 2.05) is 6.92 Å². The Morgan fingerprint density at radius 3 is 2.79 bits per heavy atom. The maximum absolute atomic E-state index is 12.1. The standard InChI is InChI=1S/C15H17NO3/c1-15(8-10-19-11-15)16-14(18)13-6-4-12(5-7-13)3-2-9-17/h4-7,17H,8-11H2,1H3,(H,16,18). The zero-order valence-electron chi connectivity index (χ0n) is 10.9. The molecule has 19 heavy (non-hydrogen) atoms. The first kappa shape index (κ1) is 13.6. The number of aliphatic hydroxyl groups excluding tert-OH is 1. The number of aliphatic hydroxyl groups is 1. The Morgan fingerprint density at radius 1 is 1.47 bits per heavy atom. The number of carbonyl (C=O) groups is 1. The zero-order chi connectivity index (χ0) is 13.7. The Morgan fingerprint density at radius 2 is 2.21 bits per heavy atom. The topological polar surface area (TPSA) is 58.6 Å². The summed E-state index contributed by atoms with van der Waals surface area (Å²) < 4.78 is 5.30. The van der Waals surface area contributed by atoms with Crippen molar-refractivity contribution in [3.8, 4) is 11.8 Å². The van der Waals surface area contributed by atoms with E-state index in [-0.39, 0.29) is 18.1 Å². The lowest BCUT2D eigenvalue weighted by Crippen LogP contribution is -2.46. The van der Waals surface area contributed by atoms with Crippen LogP contribution in [-0.4, -0.2) is 36.4 Å². The number of ether oxygens (including phenoxy) is 1. The van der Waals surface area contributed by atoms with Crippen LogP contribution in [0.15, 0.2) is 24.3 Å². The fourth-order valence-electron chi connectivity index (χ4n) is 1.96. The molecule has 1 unspecified atom stereocenters. The Labute approximate surface area is 112 Å². The first-order valence-corrected chi connectivity index (χ1v) is 6.23. The highest BCUT2D eigenvalue weighted by Crippen LogP contribution is 2.18. The monoisotopic (exact) mass is 259 g/mol. The van der Waals surface area contributed by atoms with Gasteiger partial charge in [-0.15, -0.1) is 0 Å². The van der Waals surface area contributed by atoms with E-state index < -0.39 is 0 Å². The molecule has 0 saturated carbocycles. The maximum Gasteiger partial charge on any atom is 0.251 e. The van der Waals surface area contributed by atoms with Crippen LogP contribution in [0.5, 0.6) is 0 Å². The van der Waals surface area contributed by atoms with Crippen molar-refractivity contribution in [3.05, 3.63) is 35.4 Å². The van der Waals surface area contributed by atoms with Crippen molar-refractivity contribution in [1.82, 2.24) is 5.32 Å². The van der Waals surface area contributed by atoms with Crippen LogP contribution in [0.3, 0.4) is 0 Å². The highest BCUT2D eigenvalue weighted by molar-refractivity contribution is 5.94. The van der Waals surface area contributed by atoms with Crippen molar-refractivity contribution >= 4 is 5.91 Å². The summed E-state index contributed by atoms with van der Waals surface area (Å²) in [4.78, 5) is 12.1. The summed E-state index contributed by atoms with van der Waals surface area (Å²) in [6, 6.07) is 7.00. The maximum atomic E-state index is 12.1. The van der Waals surface area contributed by atoms with E-state index in [0.717, 1.165) is 12.0 Å². The van der Waals surface area contributed by atoms with Crippen LogP contribution >= 0.6 is 0 Å². The number of hydrogen-bond acceptors (Lipinski definition) is 3. The van der Waals surface area contributed by atoms with Gasteiger partial charge in [0.1, 0.15) is 6.61 Å². The predicted molar refractivity (Wildman–Crippen MR) is 71.7 cm³/mol. The largest absolute Gasteiger partial charge is 0.384 e. The first-order valence-electron chi connectivity index (χ1n) is 6.23. The number of hydrogen-bond donors (Lipinski definition) is 2. The first-order chi connectivity index (χ1) is 9.13. The van der Waals surface area contributed by atoms with E-state index >= 15 is 0 Å². The average Bonchev–Trinajstić information content (AvgIpc) is 2.83.